The number of carbonyl (C=O) groups is 2. The highest BCUT2D eigenvalue weighted by atomic mass is 16.2. The molecule has 1 aliphatic heterocycles. The number of para-hydroxylation sites is 2. The van der Waals surface area contributed by atoms with E-state index in [0.717, 1.165) is 43.9 Å². The molecule has 0 aromatic heterocycles. The van der Waals surface area contributed by atoms with Crippen molar-refractivity contribution in [2.75, 3.05) is 56.5 Å². The molecule has 160 valence electrons. The molecule has 2 N–H and O–H groups in total. The van der Waals surface area contributed by atoms with Gasteiger partial charge in [-0.25, -0.2) is 0 Å². The number of rotatable bonds is 7. The molecule has 3 rings (SSSR count). The van der Waals surface area contributed by atoms with Crippen LogP contribution in [-0.2, 0) is 16.0 Å². The van der Waals surface area contributed by atoms with Crippen molar-refractivity contribution in [3.05, 3.63) is 59.7 Å². The Labute approximate surface area is 179 Å². The van der Waals surface area contributed by atoms with Crippen molar-refractivity contribution in [2.45, 2.75) is 20.3 Å². The molecule has 0 spiro atoms. The number of hydrogen-bond donors (Lipinski definition) is 2. The molecule has 1 heterocycles. The van der Waals surface area contributed by atoms with Crippen molar-refractivity contribution in [3.8, 4) is 0 Å². The van der Waals surface area contributed by atoms with Gasteiger partial charge in [-0.1, -0.05) is 43.3 Å². The summed E-state index contributed by atoms with van der Waals surface area (Å²) in [7, 11) is 1.71. The molecule has 2 amide bonds. The van der Waals surface area contributed by atoms with E-state index in [1.807, 2.05) is 24.3 Å². The number of piperazine rings is 1. The molecule has 6 heteroatoms. The number of aryl methyl sites for hydroxylation is 2. The largest absolute Gasteiger partial charge is 0.360 e. The Hall–Kier alpha value is -2.86. The average Bonchev–Trinajstić information content (AvgIpc) is 2.75. The fourth-order valence-electron chi connectivity index (χ4n) is 3.95. The molecule has 0 unspecified atom stereocenters. The van der Waals surface area contributed by atoms with Gasteiger partial charge in [-0.2, -0.15) is 0 Å². The number of likely N-dealkylation sites (N-methyl/N-ethyl adjacent to an activating group) is 1. The van der Waals surface area contributed by atoms with Gasteiger partial charge in [-0.15, -0.1) is 0 Å². The van der Waals surface area contributed by atoms with Crippen molar-refractivity contribution in [2.24, 2.45) is 0 Å². The topological polar surface area (TPSA) is 57.1 Å². The summed E-state index contributed by atoms with van der Waals surface area (Å²) < 4.78 is 0. The van der Waals surface area contributed by atoms with Crippen LogP contribution in [-0.4, -0.2) is 63.0 Å². The minimum atomic E-state index is -0.161. The second kappa shape index (κ2) is 10.3. The van der Waals surface area contributed by atoms with E-state index in [2.05, 4.69) is 48.3 Å². The van der Waals surface area contributed by atoms with E-state index in [0.29, 0.717) is 6.54 Å². The zero-order chi connectivity index (χ0) is 21.5. The first-order valence-electron chi connectivity index (χ1n) is 10.7. The van der Waals surface area contributed by atoms with Gasteiger partial charge in [0.25, 0.3) is 5.91 Å². The third kappa shape index (κ3) is 5.60. The summed E-state index contributed by atoms with van der Waals surface area (Å²) in [4.78, 5) is 30.2. The van der Waals surface area contributed by atoms with Gasteiger partial charge >= 0.3 is 0 Å². The van der Waals surface area contributed by atoms with E-state index in [1.54, 1.807) is 7.05 Å². The zero-order valence-electron chi connectivity index (χ0n) is 18.3. The first-order valence-corrected chi connectivity index (χ1v) is 10.7. The van der Waals surface area contributed by atoms with Crippen LogP contribution >= 0.6 is 0 Å². The Kier molecular flexibility index (Phi) is 7.46. The zero-order valence-corrected chi connectivity index (χ0v) is 18.3. The van der Waals surface area contributed by atoms with Crippen LogP contribution in [0.1, 0.15) is 18.1 Å². The summed E-state index contributed by atoms with van der Waals surface area (Å²) in [6.07, 6.45) is 0.850. The van der Waals surface area contributed by atoms with Crippen molar-refractivity contribution >= 4 is 23.2 Å². The van der Waals surface area contributed by atoms with Crippen LogP contribution in [0, 0.1) is 6.92 Å². The molecule has 0 atom stereocenters. The highest BCUT2D eigenvalue weighted by Crippen LogP contribution is 2.19. The summed E-state index contributed by atoms with van der Waals surface area (Å²) in [6, 6.07) is 16.2. The molecule has 1 saturated heterocycles. The summed E-state index contributed by atoms with van der Waals surface area (Å²) in [5.41, 5.74) is 4.48. The van der Waals surface area contributed by atoms with Crippen LogP contribution in [0.5, 0.6) is 0 Å². The Balaban J connectivity index is 1.45. The van der Waals surface area contributed by atoms with Gasteiger partial charge < -0.3 is 20.0 Å². The smallest absolute Gasteiger partial charge is 0.277 e. The number of anilines is 2. The van der Waals surface area contributed by atoms with Crippen molar-refractivity contribution < 1.29 is 14.5 Å². The van der Waals surface area contributed by atoms with Crippen LogP contribution in [0.3, 0.4) is 0 Å². The molecule has 6 nitrogen and oxygen atoms in total. The SMILES string of the molecule is CCc1ccccc1NC(=O)CN(C)C(=O)C[NH+]1CCN(c2ccccc2C)CC1. The van der Waals surface area contributed by atoms with E-state index >= 15 is 0 Å². The fraction of sp³-hybridized carbons (Fsp3) is 0.417. The lowest BCUT2D eigenvalue weighted by atomic mass is 10.1. The molecule has 1 aliphatic rings. The Morgan fingerprint density at radius 3 is 2.43 bits per heavy atom. The monoisotopic (exact) mass is 409 g/mol. The second-order valence-corrected chi connectivity index (χ2v) is 8.01. The lowest BCUT2D eigenvalue weighted by Gasteiger charge is -2.34. The van der Waals surface area contributed by atoms with Crippen molar-refractivity contribution in [1.82, 2.24) is 4.90 Å². The standard InChI is InChI=1S/C24H32N4O2/c1-4-20-10-6-7-11-21(20)25-23(29)17-26(3)24(30)18-27-13-15-28(16-14-27)22-12-8-5-9-19(22)2/h5-12H,4,13-18H2,1-3H3,(H,25,29)/p+1. The molecule has 0 radical (unpaired) electrons. The minimum absolute atomic E-state index is 0.00766. The number of benzene rings is 2. The van der Waals surface area contributed by atoms with E-state index in [4.69, 9.17) is 0 Å². The van der Waals surface area contributed by atoms with E-state index in [1.165, 1.54) is 21.1 Å². The predicted octanol–water partition coefficient (Wildman–Crippen LogP) is 1.36. The van der Waals surface area contributed by atoms with Gasteiger partial charge in [0.2, 0.25) is 5.91 Å². The van der Waals surface area contributed by atoms with Crippen LogP contribution in [0.4, 0.5) is 11.4 Å². The molecular weight excluding hydrogens is 376 g/mol. The lowest BCUT2D eigenvalue weighted by molar-refractivity contribution is -0.892. The molecule has 0 saturated carbocycles. The third-order valence-corrected chi connectivity index (χ3v) is 5.81. The Morgan fingerprint density at radius 2 is 1.73 bits per heavy atom. The quantitative estimate of drug-likeness (QED) is 0.726. The number of quaternary nitrogens is 1. The lowest BCUT2D eigenvalue weighted by Crippen LogP contribution is -3.15. The summed E-state index contributed by atoms with van der Waals surface area (Å²) in [5.74, 6) is -0.153. The number of nitrogens with zero attached hydrogens (tertiary/aromatic N) is 2. The van der Waals surface area contributed by atoms with Gasteiger partial charge in [0, 0.05) is 18.4 Å². The Morgan fingerprint density at radius 1 is 1.07 bits per heavy atom. The second-order valence-electron chi connectivity index (χ2n) is 8.01. The predicted molar refractivity (Wildman–Crippen MR) is 121 cm³/mol. The van der Waals surface area contributed by atoms with E-state index in [9.17, 15) is 9.59 Å². The Bertz CT molecular complexity index is 875. The highest BCUT2D eigenvalue weighted by molar-refractivity contribution is 5.95. The van der Waals surface area contributed by atoms with Gasteiger partial charge in [0.15, 0.2) is 6.54 Å². The molecule has 2 aromatic carbocycles. The van der Waals surface area contributed by atoms with Gasteiger partial charge in [-0.3, -0.25) is 9.59 Å². The van der Waals surface area contributed by atoms with Crippen molar-refractivity contribution in [1.29, 1.82) is 0 Å². The maximum atomic E-state index is 12.6. The molecular formula is C24H33N4O2+. The normalized spacial score (nSPS) is 14.4. The van der Waals surface area contributed by atoms with Crippen LogP contribution in [0.2, 0.25) is 0 Å². The molecule has 0 aliphatic carbocycles. The van der Waals surface area contributed by atoms with Gasteiger partial charge in [0.05, 0.1) is 32.7 Å². The number of carbonyl (C=O) groups excluding carboxylic acids is 2. The maximum Gasteiger partial charge on any atom is 0.277 e. The summed E-state index contributed by atoms with van der Waals surface area (Å²) in [6.45, 7) is 8.40. The molecule has 30 heavy (non-hydrogen) atoms. The average molecular weight is 410 g/mol. The van der Waals surface area contributed by atoms with Crippen LogP contribution in [0.15, 0.2) is 48.5 Å². The molecule has 2 aromatic rings. The number of amides is 2. The summed E-state index contributed by atoms with van der Waals surface area (Å²) >= 11 is 0. The highest BCUT2D eigenvalue weighted by Gasteiger charge is 2.25. The van der Waals surface area contributed by atoms with Gasteiger partial charge in [0.1, 0.15) is 0 Å². The summed E-state index contributed by atoms with van der Waals surface area (Å²) in [5, 5.41) is 2.93. The van der Waals surface area contributed by atoms with E-state index < -0.39 is 0 Å². The fourth-order valence-corrected chi connectivity index (χ4v) is 3.95. The van der Waals surface area contributed by atoms with Crippen LogP contribution in [0.25, 0.3) is 0 Å². The maximum absolute atomic E-state index is 12.6. The van der Waals surface area contributed by atoms with Crippen LogP contribution < -0.4 is 15.1 Å². The minimum Gasteiger partial charge on any atom is -0.360 e. The van der Waals surface area contributed by atoms with E-state index in [-0.39, 0.29) is 18.4 Å². The first-order chi connectivity index (χ1) is 14.5. The number of hydrogen-bond acceptors (Lipinski definition) is 3. The van der Waals surface area contributed by atoms with Gasteiger partial charge in [-0.05, 0) is 36.6 Å². The first kappa shape index (κ1) is 21.8. The number of nitrogens with one attached hydrogen (secondary N) is 2. The molecule has 0 bridgehead atoms. The molecule has 1 fully saturated rings. The third-order valence-electron chi connectivity index (χ3n) is 5.81. The van der Waals surface area contributed by atoms with Crippen molar-refractivity contribution in [3.63, 3.8) is 0 Å².